The number of aliphatic hydroxyl groups excluding tert-OH is 1. The number of hydrogen-bond donors (Lipinski definition) is 2. The van der Waals surface area contributed by atoms with E-state index in [1.807, 2.05) is 0 Å². The molecule has 0 heterocycles. The number of carbonyl (C=O) groups excluding carboxylic acids is 1. The molecule has 6 nitrogen and oxygen atoms in total. The Hall–Kier alpha value is -3.06. The number of likely N-dealkylation sites (N-methyl/N-ethyl adjacent to an activating group) is 1. The van der Waals surface area contributed by atoms with E-state index in [1.165, 1.54) is 4.90 Å². The highest BCUT2D eigenvalue weighted by Gasteiger charge is 2.22. The van der Waals surface area contributed by atoms with E-state index in [0.29, 0.717) is 13.1 Å². The van der Waals surface area contributed by atoms with Crippen LogP contribution >= 0.6 is 0 Å². The Morgan fingerprint density at radius 1 is 1.32 bits per heavy atom. The van der Waals surface area contributed by atoms with Gasteiger partial charge in [-0.2, -0.15) is 10.5 Å². The Bertz CT molecular complexity index is 710. The van der Waals surface area contributed by atoms with E-state index in [-0.39, 0.29) is 5.56 Å². The van der Waals surface area contributed by atoms with Crippen LogP contribution in [0.4, 0.5) is 4.39 Å². The third-order valence-corrected chi connectivity index (χ3v) is 3.07. The first-order chi connectivity index (χ1) is 10.4. The maximum Gasteiger partial charge on any atom is 0.268 e. The molecule has 1 aromatic rings. The highest BCUT2D eigenvalue weighted by atomic mass is 19.1. The molecule has 0 spiro atoms. The van der Waals surface area contributed by atoms with E-state index < -0.39 is 34.4 Å². The maximum atomic E-state index is 13.5. The Morgan fingerprint density at radius 3 is 2.36 bits per heavy atom. The lowest BCUT2D eigenvalue weighted by Gasteiger charge is -2.18. The van der Waals surface area contributed by atoms with Crippen LogP contribution in [0, 0.1) is 28.5 Å². The third kappa shape index (κ3) is 3.15. The minimum atomic E-state index is -1.13. The van der Waals surface area contributed by atoms with E-state index >= 15 is 0 Å². The fourth-order valence-electron chi connectivity index (χ4n) is 1.84. The molecule has 22 heavy (non-hydrogen) atoms. The molecule has 0 aliphatic heterocycles. The number of hydrogen-bond acceptors (Lipinski definition) is 5. The molecular formula is C15H14FN3O3. The second kappa shape index (κ2) is 7.09. The first-order valence-corrected chi connectivity index (χ1v) is 6.46. The summed E-state index contributed by atoms with van der Waals surface area (Å²) in [6.07, 6.45) is 0. The summed E-state index contributed by atoms with van der Waals surface area (Å²) in [6.45, 7) is 4.09. The lowest BCUT2D eigenvalue weighted by molar-refractivity contribution is -0.126. The van der Waals surface area contributed by atoms with Crippen LogP contribution in [0.5, 0.6) is 5.75 Å². The van der Waals surface area contributed by atoms with Crippen molar-refractivity contribution in [1.29, 1.82) is 10.5 Å². The first-order valence-electron chi connectivity index (χ1n) is 6.46. The molecule has 0 fully saturated rings. The summed E-state index contributed by atoms with van der Waals surface area (Å²) in [6, 6.07) is 4.90. The zero-order valence-corrected chi connectivity index (χ0v) is 12.1. The second-order valence-corrected chi connectivity index (χ2v) is 4.28. The van der Waals surface area contributed by atoms with Crippen LogP contribution in [-0.4, -0.2) is 34.1 Å². The van der Waals surface area contributed by atoms with Gasteiger partial charge in [0.15, 0.2) is 17.1 Å². The second-order valence-electron chi connectivity index (χ2n) is 4.28. The van der Waals surface area contributed by atoms with Gasteiger partial charge in [-0.1, -0.05) is 0 Å². The van der Waals surface area contributed by atoms with E-state index in [2.05, 4.69) is 0 Å². The molecule has 0 aromatic heterocycles. The van der Waals surface area contributed by atoms with Gasteiger partial charge in [0.1, 0.15) is 17.9 Å². The molecule has 1 rings (SSSR count). The zero-order chi connectivity index (χ0) is 16.9. The van der Waals surface area contributed by atoms with E-state index in [4.69, 9.17) is 10.5 Å². The number of aromatic hydroxyl groups is 1. The van der Waals surface area contributed by atoms with Gasteiger partial charge in [-0.25, -0.2) is 4.39 Å². The average Bonchev–Trinajstić information content (AvgIpc) is 2.51. The zero-order valence-electron chi connectivity index (χ0n) is 12.1. The average molecular weight is 303 g/mol. The summed E-state index contributed by atoms with van der Waals surface area (Å²) >= 11 is 0. The molecule has 7 heteroatoms. The van der Waals surface area contributed by atoms with Crippen molar-refractivity contribution in [2.24, 2.45) is 0 Å². The maximum absolute atomic E-state index is 13.5. The standard InChI is InChI=1S/C15H14FN3O3/c1-3-19(4-2)15(22)11(8-18)13(20)9-5-10(7-17)14(21)12(16)6-9/h5-6,20-21H,3-4H2,1-2H3/b13-11-. The number of benzene rings is 1. The van der Waals surface area contributed by atoms with Crippen molar-refractivity contribution >= 4 is 11.7 Å². The Balaban J connectivity index is 3.47. The number of rotatable bonds is 4. The number of phenolic OH excluding ortho intramolecular Hbond substituents is 1. The van der Waals surface area contributed by atoms with E-state index in [0.717, 1.165) is 12.1 Å². The van der Waals surface area contributed by atoms with Crippen LogP contribution in [0.3, 0.4) is 0 Å². The van der Waals surface area contributed by atoms with Crippen molar-refractivity contribution in [2.75, 3.05) is 13.1 Å². The number of carbonyl (C=O) groups is 1. The van der Waals surface area contributed by atoms with Crippen molar-refractivity contribution in [3.8, 4) is 17.9 Å². The molecule has 1 amide bonds. The normalized spacial score (nSPS) is 11.1. The van der Waals surface area contributed by atoms with Gasteiger partial charge in [0, 0.05) is 18.7 Å². The van der Waals surface area contributed by atoms with Gasteiger partial charge in [0.05, 0.1) is 5.56 Å². The number of nitrogens with zero attached hydrogens (tertiary/aromatic N) is 3. The topological polar surface area (TPSA) is 108 Å². The van der Waals surface area contributed by atoms with Crippen LogP contribution in [0.1, 0.15) is 25.0 Å². The van der Waals surface area contributed by atoms with Crippen molar-refractivity contribution in [3.05, 3.63) is 34.6 Å². The van der Waals surface area contributed by atoms with Crippen molar-refractivity contribution in [1.82, 2.24) is 4.90 Å². The summed E-state index contributed by atoms with van der Waals surface area (Å²) in [7, 11) is 0. The van der Waals surface area contributed by atoms with Crippen LogP contribution in [0.15, 0.2) is 17.7 Å². The first kappa shape index (κ1) is 17.0. The largest absolute Gasteiger partial charge is 0.506 e. The molecule has 0 bridgehead atoms. The molecular weight excluding hydrogens is 289 g/mol. The van der Waals surface area contributed by atoms with Gasteiger partial charge in [0.2, 0.25) is 0 Å². The Morgan fingerprint density at radius 2 is 1.91 bits per heavy atom. The van der Waals surface area contributed by atoms with Gasteiger partial charge < -0.3 is 15.1 Å². The molecule has 0 saturated carbocycles. The highest BCUT2D eigenvalue weighted by Crippen LogP contribution is 2.27. The predicted molar refractivity (Wildman–Crippen MR) is 75.9 cm³/mol. The lowest BCUT2D eigenvalue weighted by Crippen LogP contribution is -2.31. The molecule has 114 valence electrons. The fourth-order valence-corrected chi connectivity index (χ4v) is 1.84. The predicted octanol–water partition coefficient (Wildman–Crippen LogP) is 2.06. The SMILES string of the molecule is CCN(CC)C(=O)/C(C#N)=C(\O)c1cc(F)c(O)c(C#N)c1. The fraction of sp³-hybridized carbons (Fsp3) is 0.267. The summed E-state index contributed by atoms with van der Waals surface area (Å²) in [5, 5.41) is 37.3. The molecule has 0 aliphatic rings. The van der Waals surface area contributed by atoms with Crippen LogP contribution < -0.4 is 0 Å². The molecule has 2 N–H and O–H groups in total. The van der Waals surface area contributed by atoms with Gasteiger partial charge in [-0.05, 0) is 26.0 Å². The minimum Gasteiger partial charge on any atom is -0.506 e. The van der Waals surface area contributed by atoms with Crippen molar-refractivity contribution in [2.45, 2.75) is 13.8 Å². The summed E-state index contributed by atoms with van der Waals surface area (Å²) in [4.78, 5) is 13.5. The minimum absolute atomic E-state index is 0.232. The lowest BCUT2D eigenvalue weighted by atomic mass is 10.0. The van der Waals surface area contributed by atoms with E-state index in [1.54, 1.807) is 26.0 Å². The van der Waals surface area contributed by atoms with Gasteiger partial charge in [-0.15, -0.1) is 0 Å². The van der Waals surface area contributed by atoms with Crippen LogP contribution in [0.25, 0.3) is 5.76 Å². The van der Waals surface area contributed by atoms with E-state index in [9.17, 15) is 19.4 Å². The summed E-state index contributed by atoms with van der Waals surface area (Å²) in [5.41, 5.74) is -1.20. The monoisotopic (exact) mass is 303 g/mol. The van der Waals surface area contributed by atoms with Crippen LogP contribution in [-0.2, 0) is 4.79 Å². The molecule has 0 aliphatic carbocycles. The highest BCUT2D eigenvalue weighted by molar-refractivity contribution is 6.03. The van der Waals surface area contributed by atoms with Gasteiger partial charge >= 0.3 is 0 Å². The van der Waals surface area contributed by atoms with Gasteiger partial charge in [0.25, 0.3) is 5.91 Å². The smallest absolute Gasteiger partial charge is 0.268 e. The van der Waals surface area contributed by atoms with Crippen molar-refractivity contribution in [3.63, 3.8) is 0 Å². The molecule has 1 aromatic carbocycles. The molecule has 0 radical (unpaired) electrons. The molecule has 0 unspecified atom stereocenters. The summed E-state index contributed by atoms with van der Waals surface area (Å²) in [5.74, 6) is -3.42. The quantitative estimate of drug-likeness (QED) is 0.503. The molecule has 0 saturated heterocycles. The number of amides is 1. The Labute approximate surface area is 126 Å². The number of nitriles is 2. The van der Waals surface area contributed by atoms with Crippen LogP contribution in [0.2, 0.25) is 0 Å². The third-order valence-electron chi connectivity index (χ3n) is 3.07. The Kier molecular flexibility index (Phi) is 5.48. The summed E-state index contributed by atoms with van der Waals surface area (Å²) < 4.78 is 13.5. The number of aliphatic hydroxyl groups is 1. The molecule has 0 atom stereocenters. The van der Waals surface area contributed by atoms with Crippen molar-refractivity contribution < 1.29 is 19.4 Å². The van der Waals surface area contributed by atoms with Gasteiger partial charge in [-0.3, -0.25) is 4.79 Å². The number of phenols is 1. The number of halogens is 1.